The van der Waals surface area contributed by atoms with Gasteiger partial charge in [0, 0.05) is 16.5 Å². The summed E-state index contributed by atoms with van der Waals surface area (Å²) >= 11 is 4.08. The number of para-hydroxylation sites is 1. The summed E-state index contributed by atoms with van der Waals surface area (Å²) in [5.41, 5.74) is 0.395. The van der Waals surface area contributed by atoms with Crippen LogP contribution in [-0.4, -0.2) is 10.7 Å². The molecule has 4 nitrogen and oxygen atoms in total. The molecule has 0 aliphatic rings. The molecule has 0 fully saturated rings. The minimum atomic E-state index is -0.545. The Kier molecular flexibility index (Phi) is 6.28. The molecule has 0 unspecified atom stereocenters. The molecule has 0 N–H and O–H groups in total. The molecule has 0 aliphatic carbocycles. The van der Waals surface area contributed by atoms with E-state index in [4.69, 9.17) is 0 Å². The third-order valence-electron chi connectivity index (χ3n) is 3.14. The Balaban J connectivity index is 0.000000249. The fourth-order valence-electron chi connectivity index (χ4n) is 2.00. The molecule has 0 saturated heterocycles. The normalized spacial score (nSPS) is 9.54. The van der Waals surface area contributed by atoms with Crippen molar-refractivity contribution in [1.82, 2.24) is 0 Å². The summed E-state index contributed by atoms with van der Waals surface area (Å²) in [4.78, 5) is 23.3. The van der Waals surface area contributed by atoms with E-state index in [0.717, 1.165) is 4.90 Å². The molecule has 3 aromatic carbocycles. The number of nitro benzene ring substituents is 1. The van der Waals surface area contributed by atoms with Crippen molar-refractivity contribution >= 4 is 24.1 Å². The van der Waals surface area contributed by atoms with Crippen molar-refractivity contribution in [3.63, 3.8) is 0 Å². The molecule has 3 rings (SSSR count). The highest BCUT2D eigenvalue weighted by Gasteiger charge is 2.19. The third-order valence-corrected chi connectivity index (χ3v) is 3.44. The van der Waals surface area contributed by atoms with Crippen molar-refractivity contribution < 1.29 is 9.72 Å². The molecule has 24 heavy (non-hydrogen) atoms. The number of nitrogens with zero attached hydrogens (tertiary/aromatic N) is 1. The van der Waals surface area contributed by atoms with Gasteiger partial charge in [-0.2, -0.15) is 0 Å². The lowest BCUT2D eigenvalue weighted by Crippen LogP contribution is -2.04. The second-order valence-electron chi connectivity index (χ2n) is 4.80. The Bertz CT molecular complexity index is 820. The van der Waals surface area contributed by atoms with Crippen LogP contribution < -0.4 is 0 Å². The SMILES string of the molecule is O=C(c1ccccc1)c1ccccc1[N+](=O)[O-].Sc1ccccc1. The van der Waals surface area contributed by atoms with Gasteiger partial charge in [-0.3, -0.25) is 14.9 Å². The molecule has 0 atom stereocenters. The zero-order valence-electron chi connectivity index (χ0n) is 12.7. The summed E-state index contributed by atoms with van der Waals surface area (Å²) in [6.45, 7) is 0. The number of nitro groups is 1. The Hall–Kier alpha value is -2.92. The zero-order chi connectivity index (χ0) is 17.4. The summed E-state index contributed by atoms with van der Waals surface area (Å²) < 4.78 is 0. The molecule has 0 aliphatic heterocycles. The summed E-state index contributed by atoms with van der Waals surface area (Å²) in [7, 11) is 0. The second kappa shape index (κ2) is 8.64. The molecule has 0 bridgehead atoms. The first-order valence-corrected chi connectivity index (χ1v) is 7.61. The van der Waals surface area contributed by atoms with Crippen LogP contribution in [0.15, 0.2) is 89.8 Å². The first kappa shape index (κ1) is 17.4. The van der Waals surface area contributed by atoms with E-state index in [0.29, 0.717) is 5.56 Å². The quantitative estimate of drug-likeness (QED) is 0.323. The van der Waals surface area contributed by atoms with Crippen LogP contribution in [0.1, 0.15) is 15.9 Å². The first-order valence-electron chi connectivity index (χ1n) is 7.17. The van der Waals surface area contributed by atoms with Crippen molar-refractivity contribution in [2.24, 2.45) is 0 Å². The van der Waals surface area contributed by atoms with Gasteiger partial charge in [0.05, 0.1) is 4.92 Å². The smallest absolute Gasteiger partial charge is 0.280 e. The lowest BCUT2D eigenvalue weighted by Gasteiger charge is -2.01. The minimum Gasteiger partial charge on any atom is -0.288 e. The first-order chi connectivity index (χ1) is 11.6. The van der Waals surface area contributed by atoms with Crippen molar-refractivity contribution in [3.05, 3.63) is 106 Å². The number of hydrogen-bond donors (Lipinski definition) is 1. The van der Waals surface area contributed by atoms with Crippen LogP contribution in [0.25, 0.3) is 0 Å². The van der Waals surface area contributed by atoms with Crippen LogP contribution in [0.3, 0.4) is 0 Å². The molecule has 0 saturated carbocycles. The van der Waals surface area contributed by atoms with Crippen LogP contribution in [-0.2, 0) is 0 Å². The van der Waals surface area contributed by atoms with Crippen molar-refractivity contribution in [1.29, 1.82) is 0 Å². The second-order valence-corrected chi connectivity index (χ2v) is 5.32. The Morgan fingerprint density at radius 2 is 1.29 bits per heavy atom. The van der Waals surface area contributed by atoms with Gasteiger partial charge in [-0.25, -0.2) is 0 Å². The van der Waals surface area contributed by atoms with Crippen LogP contribution in [0.4, 0.5) is 5.69 Å². The molecular weight excluding hydrogens is 322 g/mol. The molecule has 3 aromatic rings. The van der Waals surface area contributed by atoms with Crippen molar-refractivity contribution in [3.8, 4) is 0 Å². The van der Waals surface area contributed by atoms with Gasteiger partial charge in [0.15, 0.2) is 5.78 Å². The van der Waals surface area contributed by atoms with E-state index in [-0.39, 0.29) is 17.0 Å². The fourth-order valence-corrected chi connectivity index (χ4v) is 2.17. The Labute approximate surface area is 145 Å². The standard InChI is InChI=1S/C13H9NO3.C6H6S/c15-13(10-6-2-1-3-7-10)11-8-4-5-9-12(11)14(16)17;7-6-4-2-1-3-5-6/h1-9H;1-5,7H. The topological polar surface area (TPSA) is 60.2 Å². The predicted octanol–water partition coefficient (Wildman–Crippen LogP) is 4.80. The molecule has 0 aromatic heterocycles. The maximum absolute atomic E-state index is 12.1. The summed E-state index contributed by atoms with van der Waals surface area (Å²) in [5, 5.41) is 10.8. The highest BCUT2D eigenvalue weighted by molar-refractivity contribution is 7.80. The van der Waals surface area contributed by atoms with E-state index < -0.39 is 4.92 Å². The third kappa shape index (κ3) is 4.79. The van der Waals surface area contributed by atoms with E-state index in [9.17, 15) is 14.9 Å². The minimum absolute atomic E-state index is 0.115. The van der Waals surface area contributed by atoms with Gasteiger partial charge in [0.2, 0.25) is 0 Å². The number of rotatable bonds is 3. The largest absolute Gasteiger partial charge is 0.288 e. The van der Waals surface area contributed by atoms with Gasteiger partial charge >= 0.3 is 0 Å². The summed E-state index contributed by atoms with van der Waals surface area (Å²) in [6.07, 6.45) is 0. The van der Waals surface area contributed by atoms with Gasteiger partial charge in [-0.05, 0) is 18.2 Å². The van der Waals surface area contributed by atoms with Crippen LogP contribution in [0, 0.1) is 10.1 Å². The fraction of sp³-hybridized carbons (Fsp3) is 0. The monoisotopic (exact) mass is 337 g/mol. The maximum Gasteiger partial charge on any atom is 0.280 e. The molecule has 0 radical (unpaired) electrons. The molecule has 120 valence electrons. The van der Waals surface area contributed by atoms with Crippen LogP contribution in [0.5, 0.6) is 0 Å². The summed E-state index contributed by atoms with van der Waals surface area (Å²) in [5.74, 6) is -0.335. The van der Waals surface area contributed by atoms with E-state index in [1.54, 1.807) is 42.5 Å². The van der Waals surface area contributed by atoms with E-state index in [1.807, 2.05) is 30.3 Å². The van der Waals surface area contributed by atoms with Gasteiger partial charge in [-0.15, -0.1) is 12.6 Å². The average Bonchev–Trinajstić information content (AvgIpc) is 2.63. The number of ketones is 1. The maximum atomic E-state index is 12.1. The molecule has 0 amide bonds. The zero-order valence-corrected chi connectivity index (χ0v) is 13.6. The Morgan fingerprint density at radius 1 is 0.792 bits per heavy atom. The highest BCUT2D eigenvalue weighted by Crippen LogP contribution is 2.20. The van der Waals surface area contributed by atoms with Gasteiger partial charge in [-0.1, -0.05) is 60.7 Å². The molecule has 0 spiro atoms. The molecule has 0 heterocycles. The number of carbonyl (C=O) groups is 1. The Morgan fingerprint density at radius 3 is 1.79 bits per heavy atom. The van der Waals surface area contributed by atoms with Crippen LogP contribution in [0.2, 0.25) is 0 Å². The van der Waals surface area contributed by atoms with Gasteiger partial charge in [0.1, 0.15) is 5.56 Å². The number of thiol groups is 1. The summed E-state index contributed by atoms with van der Waals surface area (Å²) in [6, 6.07) is 24.3. The number of carbonyl (C=O) groups excluding carboxylic acids is 1. The lowest BCUT2D eigenvalue weighted by molar-refractivity contribution is -0.385. The number of benzene rings is 3. The van der Waals surface area contributed by atoms with Crippen LogP contribution >= 0.6 is 12.6 Å². The van der Waals surface area contributed by atoms with E-state index in [2.05, 4.69) is 12.6 Å². The number of hydrogen-bond acceptors (Lipinski definition) is 4. The average molecular weight is 337 g/mol. The van der Waals surface area contributed by atoms with E-state index >= 15 is 0 Å². The lowest BCUT2D eigenvalue weighted by atomic mass is 10.0. The van der Waals surface area contributed by atoms with E-state index in [1.165, 1.54) is 12.1 Å². The van der Waals surface area contributed by atoms with Crippen molar-refractivity contribution in [2.45, 2.75) is 4.90 Å². The predicted molar refractivity (Wildman–Crippen MR) is 96.7 cm³/mol. The molecular formula is C19H15NO3S. The molecule has 5 heteroatoms. The van der Waals surface area contributed by atoms with Gasteiger partial charge in [0.25, 0.3) is 5.69 Å². The van der Waals surface area contributed by atoms with Gasteiger partial charge < -0.3 is 0 Å². The van der Waals surface area contributed by atoms with Crippen molar-refractivity contribution in [2.75, 3.05) is 0 Å². The highest BCUT2D eigenvalue weighted by atomic mass is 32.1.